The number of para-hydroxylation sites is 1. The van der Waals surface area contributed by atoms with Crippen molar-refractivity contribution in [3.8, 4) is 5.75 Å². The van der Waals surface area contributed by atoms with Gasteiger partial charge in [-0.2, -0.15) is 0 Å². The second-order valence-electron chi connectivity index (χ2n) is 4.54. The first-order chi connectivity index (χ1) is 9.10. The minimum atomic E-state index is -0.314. The average Bonchev–Trinajstić information content (AvgIpc) is 2.78. The van der Waals surface area contributed by atoms with Crippen LogP contribution in [0.4, 0.5) is 0 Å². The molecule has 1 unspecified atom stereocenters. The monoisotopic (exact) mass is 262 g/mol. The molecule has 19 heavy (non-hydrogen) atoms. The van der Waals surface area contributed by atoms with E-state index < -0.39 is 0 Å². The Morgan fingerprint density at radius 1 is 1.53 bits per heavy atom. The first kappa shape index (κ1) is 13.4. The summed E-state index contributed by atoms with van der Waals surface area (Å²) in [5.41, 5.74) is 5.88. The van der Waals surface area contributed by atoms with Crippen LogP contribution in [0, 0.1) is 0 Å². The summed E-state index contributed by atoms with van der Waals surface area (Å²) in [4.78, 5) is 10.8. The molecule has 102 valence electrons. The van der Waals surface area contributed by atoms with Crippen LogP contribution in [-0.2, 0) is 11.3 Å². The highest BCUT2D eigenvalue weighted by Crippen LogP contribution is 2.28. The van der Waals surface area contributed by atoms with Crippen LogP contribution >= 0.6 is 0 Å². The van der Waals surface area contributed by atoms with Gasteiger partial charge in [0.15, 0.2) is 11.3 Å². The molecule has 0 aliphatic carbocycles. The fraction of sp³-hybridized carbons (Fsp3) is 0.357. The van der Waals surface area contributed by atoms with Crippen molar-refractivity contribution in [3.63, 3.8) is 0 Å². The maximum Gasteiger partial charge on any atom is 0.218 e. The zero-order valence-electron chi connectivity index (χ0n) is 11.1. The summed E-state index contributed by atoms with van der Waals surface area (Å²) >= 11 is 0. The molecule has 2 aromatic rings. The predicted octanol–water partition coefficient (Wildman–Crippen LogP) is 1.79. The number of hydrogen-bond acceptors (Lipinski definition) is 4. The Morgan fingerprint density at radius 3 is 3.00 bits per heavy atom. The van der Waals surface area contributed by atoms with E-state index >= 15 is 0 Å². The molecule has 0 bridgehead atoms. The molecule has 2 rings (SSSR count). The summed E-state index contributed by atoms with van der Waals surface area (Å²) in [6.07, 6.45) is 0.309. The van der Waals surface area contributed by atoms with E-state index in [0.29, 0.717) is 18.7 Å². The normalized spacial score (nSPS) is 12.5. The molecule has 0 saturated heterocycles. The summed E-state index contributed by atoms with van der Waals surface area (Å²) < 4.78 is 11.0. The van der Waals surface area contributed by atoms with Gasteiger partial charge in [0.25, 0.3) is 0 Å². The molecule has 0 aliphatic rings. The molecular weight excluding hydrogens is 244 g/mol. The highest BCUT2D eigenvalue weighted by atomic mass is 16.5. The van der Waals surface area contributed by atoms with Crippen LogP contribution in [0.1, 0.15) is 19.1 Å². The van der Waals surface area contributed by atoms with Gasteiger partial charge in [-0.25, -0.2) is 0 Å². The van der Waals surface area contributed by atoms with E-state index in [1.165, 1.54) is 0 Å². The Balaban J connectivity index is 2.07. The number of furan rings is 1. The lowest BCUT2D eigenvalue weighted by Crippen LogP contribution is -2.30. The van der Waals surface area contributed by atoms with Gasteiger partial charge >= 0.3 is 0 Å². The van der Waals surface area contributed by atoms with Gasteiger partial charge in [0, 0.05) is 17.8 Å². The Bertz CT molecular complexity index is 577. The van der Waals surface area contributed by atoms with Crippen LogP contribution in [0.5, 0.6) is 5.75 Å². The first-order valence-electron chi connectivity index (χ1n) is 6.17. The van der Waals surface area contributed by atoms with Crippen molar-refractivity contribution >= 4 is 16.9 Å². The van der Waals surface area contributed by atoms with Gasteiger partial charge in [-0.15, -0.1) is 0 Å². The third kappa shape index (κ3) is 3.26. The molecule has 1 aromatic carbocycles. The number of carbonyl (C=O) groups excluding carboxylic acids is 1. The maximum atomic E-state index is 10.8. The molecule has 1 amide bonds. The number of methoxy groups -OCH3 is 1. The van der Waals surface area contributed by atoms with Gasteiger partial charge < -0.3 is 20.2 Å². The summed E-state index contributed by atoms with van der Waals surface area (Å²) in [7, 11) is 1.62. The second-order valence-corrected chi connectivity index (χ2v) is 4.54. The summed E-state index contributed by atoms with van der Waals surface area (Å²) in [6.45, 7) is 2.46. The standard InChI is InChI=1S/C14H18N2O3/c1-9(6-13(15)17)16-8-11-7-10-4-3-5-12(18-2)14(10)19-11/h3-5,7,9,16H,6,8H2,1-2H3,(H2,15,17). The number of hydrogen-bond donors (Lipinski definition) is 2. The van der Waals surface area contributed by atoms with E-state index in [4.69, 9.17) is 14.9 Å². The van der Waals surface area contributed by atoms with Crippen LogP contribution < -0.4 is 15.8 Å². The topological polar surface area (TPSA) is 77.5 Å². The van der Waals surface area contributed by atoms with Crippen LogP contribution in [0.3, 0.4) is 0 Å². The lowest BCUT2D eigenvalue weighted by atomic mass is 10.2. The molecule has 0 fully saturated rings. The number of carbonyl (C=O) groups is 1. The third-order valence-corrected chi connectivity index (χ3v) is 2.91. The zero-order valence-corrected chi connectivity index (χ0v) is 11.1. The van der Waals surface area contributed by atoms with Crippen LogP contribution in [0.2, 0.25) is 0 Å². The maximum absolute atomic E-state index is 10.8. The number of nitrogens with one attached hydrogen (secondary N) is 1. The van der Waals surface area contributed by atoms with Gasteiger partial charge in [-0.05, 0) is 19.1 Å². The second kappa shape index (κ2) is 5.75. The van der Waals surface area contributed by atoms with Crippen molar-refractivity contribution in [2.45, 2.75) is 25.9 Å². The molecule has 0 spiro atoms. The van der Waals surface area contributed by atoms with E-state index in [1.54, 1.807) is 7.11 Å². The molecule has 5 heteroatoms. The van der Waals surface area contributed by atoms with E-state index in [1.807, 2.05) is 31.2 Å². The van der Waals surface area contributed by atoms with Crippen molar-refractivity contribution in [3.05, 3.63) is 30.0 Å². The molecule has 3 N–H and O–H groups in total. The highest BCUT2D eigenvalue weighted by Gasteiger charge is 2.10. The van der Waals surface area contributed by atoms with Crippen molar-refractivity contribution in [1.82, 2.24) is 5.32 Å². The first-order valence-corrected chi connectivity index (χ1v) is 6.17. The molecule has 1 aromatic heterocycles. The predicted molar refractivity (Wildman–Crippen MR) is 72.9 cm³/mol. The van der Waals surface area contributed by atoms with Crippen LogP contribution in [0.15, 0.2) is 28.7 Å². The fourth-order valence-corrected chi connectivity index (χ4v) is 1.99. The van der Waals surface area contributed by atoms with E-state index in [9.17, 15) is 4.79 Å². The van der Waals surface area contributed by atoms with Gasteiger partial charge in [-0.3, -0.25) is 4.79 Å². The Morgan fingerprint density at radius 2 is 2.32 bits per heavy atom. The lowest BCUT2D eigenvalue weighted by Gasteiger charge is -2.09. The third-order valence-electron chi connectivity index (χ3n) is 2.91. The van der Waals surface area contributed by atoms with Crippen LogP contribution in [0.25, 0.3) is 11.0 Å². The number of rotatable bonds is 6. The molecular formula is C14H18N2O3. The van der Waals surface area contributed by atoms with Gasteiger partial charge in [0.1, 0.15) is 5.76 Å². The van der Waals surface area contributed by atoms with Crippen LogP contribution in [-0.4, -0.2) is 19.1 Å². The minimum Gasteiger partial charge on any atom is -0.493 e. The largest absolute Gasteiger partial charge is 0.493 e. The molecule has 0 radical (unpaired) electrons. The lowest BCUT2D eigenvalue weighted by molar-refractivity contribution is -0.118. The molecule has 1 atom stereocenters. The number of primary amides is 1. The summed E-state index contributed by atoms with van der Waals surface area (Å²) in [6, 6.07) is 7.73. The average molecular weight is 262 g/mol. The SMILES string of the molecule is COc1cccc2cc(CNC(C)CC(N)=O)oc12. The van der Waals surface area contributed by atoms with Crippen molar-refractivity contribution in [1.29, 1.82) is 0 Å². The van der Waals surface area contributed by atoms with Crippen molar-refractivity contribution in [2.24, 2.45) is 5.73 Å². The summed E-state index contributed by atoms with van der Waals surface area (Å²) in [5.74, 6) is 1.20. The Hall–Kier alpha value is -2.01. The quantitative estimate of drug-likeness (QED) is 0.832. The minimum absolute atomic E-state index is 0.0209. The Labute approximate surface area is 111 Å². The molecule has 0 aliphatic heterocycles. The molecule has 5 nitrogen and oxygen atoms in total. The van der Waals surface area contributed by atoms with Gasteiger partial charge in [-0.1, -0.05) is 12.1 Å². The zero-order chi connectivity index (χ0) is 13.8. The van der Waals surface area contributed by atoms with Gasteiger partial charge in [0.2, 0.25) is 5.91 Å². The van der Waals surface area contributed by atoms with E-state index in [0.717, 1.165) is 16.7 Å². The van der Waals surface area contributed by atoms with E-state index in [-0.39, 0.29) is 11.9 Å². The van der Waals surface area contributed by atoms with Crippen molar-refractivity contribution in [2.75, 3.05) is 7.11 Å². The molecule has 0 saturated carbocycles. The van der Waals surface area contributed by atoms with Crippen molar-refractivity contribution < 1.29 is 13.9 Å². The number of nitrogens with two attached hydrogens (primary N) is 1. The summed E-state index contributed by atoms with van der Waals surface area (Å²) in [5, 5.41) is 4.19. The smallest absolute Gasteiger partial charge is 0.218 e. The number of amides is 1. The van der Waals surface area contributed by atoms with E-state index in [2.05, 4.69) is 5.32 Å². The number of ether oxygens (including phenoxy) is 1. The highest BCUT2D eigenvalue weighted by molar-refractivity contribution is 5.83. The molecule has 1 heterocycles. The van der Waals surface area contributed by atoms with Gasteiger partial charge in [0.05, 0.1) is 13.7 Å². The Kier molecular flexibility index (Phi) is 4.06. The fourth-order valence-electron chi connectivity index (χ4n) is 1.99. The number of benzene rings is 1. The number of fused-ring (bicyclic) bond motifs is 1.